The number of aromatic nitrogens is 1. The molecule has 0 aliphatic carbocycles. The van der Waals surface area contributed by atoms with Crippen molar-refractivity contribution in [2.24, 2.45) is 0 Å². The van der Waals surface area contributed by atoms with Crippen LogP contribution in [0.15, 0.2) is 18.5 Å². The lowest BCUT2D eigenvalue weighted by Crippen LogP contribution is -2.18. The van der Waals surface area contributed by atoms with Crippen molar-refractivity contribution in [3.05, 3.63) is 29.8 Å². The highest BCUT2D eigenvalue weighted by molar-refractivity contribution is 5.16. The summed E-state index contributed by atoms with van der Waals surface area (Å²) in [5.41, 5.74) is -0.620. The minimum atomic E-state index is -3.42. The third-order valence-corrected chi connectivity index (χ3v) is 1.33. The minimum absolute atomic E-state index is 0.620. The second-order valence-electron chi connectivity index (χ2n) is 2.25. The van der Waals surface area contributed by atoms with E-state index >= 15 is 0 Å². The Morgan fingerprint density at radius 1 is 1.42 bits per heavy atom. The number of halogens is 3. The van der Waals surface area contributed by atoms with Gasteiger partial charge in [0, 0.05) is 11.8 Å². The summed E-state index contributed by atoms with van der Waals surface area (Å²) in [6, 6.07) is 0.642. The van der Waals surface area contributed by atoms with Gasteiger partial charge in [0.25, 0.3) is 5.92 Å². The molecule has 66 valence electrons. The Bertz CT molecular complexity index is 277. The molecule has 1 heterocycles. The van der Waals surface area contributed by atoms with Crippen LogP contribution >= 0.6 is 0 Å². The van der Waals surface area contributed by atoms with Crippen LogP contribution in [0.3, 0.4) is 0 Å². The fourth-order valence-electron chi connectivity index (χ4n) is 0.703. The molecule has 0 bridgehead atoms. The molecule has 0 aromatic carbocycles. The summed E-state index contributed by atoms with van der Waals surface area (Å²) in [7, 11) is 0. The second-order valence-corrected chi connectivity index (χ2v) is 2.25. The van der Waals surface area contributed by atoms with Crippen LogP contribution in [0, 0.1) is 5.82 Å². The zero-order valence-electron chi connectivity index (χ0n) is 5.97. The van der Waals surface area contributed by atoms with Crippen LogP contribution in [0.25, 0.3) is 0 Å². The van der Waals surface area contributed by atoms with Gasteiger partial charge in [-0.2, -0.15) is 8.78 Å². The molecule has 1 aromatic rings. The van der Waals surface area contributed by atoms with E-state index in [-0.39, 0.29) is 0 Å². The van der Waals surface area contributed by atoms with Crippen molar-refractivity contribution in [1.29, 1.82) is 0 Å². The van der Waals surface area contributed by atoms with Crippen LogP contribution in [0.5, 0.6) is 0 Å². The van der Waals surface area contributed by atoms with Crippen LogP contribution in [0.2, 0.25) is 0 Å². The number of aliphatic hydroxyl groups is 1. The molecule has 12 heavy (non-hydrogen) atoms. The zero-order chi connectivity index (χ0) is 9.19. The fraction of sp³-hybridized carbons (Fsp3) is 0.286. The van der Waals surface area contributed by atoms with Crippen LogP contribution in [-0.4, -0.2) is 16.7 Å². The molecule has 0 aliphatic heterocycles. The van der Waals surface area contributed by atoms with Gasteiger partial charge in [0.15, 0.2) is 0 Å². The lowest BCUT2D eigenvalue weighted by Gasteiger charge is -2.12. The molecule has 0 radical (unpaired) electrons. The average Bonchev–Trinajstić information content (AvgIpc) is 2.05. The Hall–Kier alpha value is -1.10. The smallest absolute Gasteiger partial charge is 0.297 e. The van der Waals surface area contributed by atoms with Crippen molar-refractivity contribution >= 4 is 0 Å². The van der Waals surface area contributed by atoms with Gasteiger partial charge in [-0.3, -0.25) is 4.98 Å². The molecule has 5 heteroatoms. The largest absolute Gasteiger partial charge is 0.390 e. The van der Waals surface area contributed by atoms with Gasteiger partial charge in [0.2, 0.25) is 0 Å². The molecule has 0 saturated heterocycles. The van der Waals surface area contributed by atoms with E-state index in [1.54, 1.807) is 0 Å². The van der Waals surface area contributed by atoms with E-state index in [9.17, 15) is 13.2 Å². The quantitative estimate of drug-likeness (QED) is 0.738. The third kappa shape index (κ3) is 1.73. The molecule has 1 N–H and O–H groups in total. The molecule has 0 saturated carbocycles. The number of hydrogen-bond acceptors (Lipinski definition) is 2. The molecule has 0 atom stereocenters. The number of nitrogens with zero attached hydrogens (tertiary/aromatic N) is 1. The van der Waals surface area contributed by atoms with Crippen molar-refractivity contribution in [2.75, 3.05) is 6.61 Å². The summed E-state index contributed by atoms with van der Waals surface area (Å²) in [5, 5.41) is 8.24. The predicted molar refractivity (Wildman–Crippen MR) is 35.2 cm³/mol. The predicted octanol–water partition coefficient (Wildman–Crippen LogP) is 1.30. The molecule has 1 rings (SSSR count). The lowest BCUT2D eigenvalue weighted by atomic mass is 10.1. The van der Waals surface area contributed by atoms with Crippen molar-refractivity contribution in [1.82, 2.24) is 4.98 Å². The number of pyridine rings is 1. The Labute approximate surface area is 66.7 Å². The molecular weight excluding hydrogens is 171 g/mol. The molecule has 1 aromatic heterocycles. The molecule has 0 aliphatic rings. The number of aliphatic hydroxyl groups excluding tert-OH is 1. The normalized spacial score (nSPS) is 11.7. The summed E-state index contributed by atoms with van der Waals surface area (Å²) in [6.45, 7) is -1.35. The van der Waals surface area contributed by atoms with E-state index in [2.05, 4.69) is 4.98 Å². The standard InChI is InChI=1S/C7H6F3NO/c8-6-1-5(2-11-3-6)7(9,10)4-12/h1-3,12H,4H2. The first-order valence-corrected chi connectivity index (χ1v) is 3.16. The Morgan fingerprint density at radius 2 is 2.08 bits per heavy atom. The number of rotatable bonds is 2. The topological polar surface area (TPSA) is 33.1 Å². The maximum absolute atomic E-state index is 12.6. The van der Waals surface area contributed by atoms with Crippen molar-refractivity contribution in [3.63, 3.8) is 0 Å². The van der Waals surface area contributed by atoms with E-state index in [1.165, 1.54) is 0 Å². The highest BCUT2D eigenvalue weighted by atomic mass is 19.3. The zero-order valence-corrected chi connectivity index (χ0v) is 5.97. The summed E-state index contributed by atoms with van der Waals surface area (Å²) in [6.07, 6.45) is 1.64. The van der Waals surface area contributed by atoms with Gasteiger partial charge in [-0.25, -0.2) is 4.39 Å². The highest BCUT2D eigenvalue weighted by Gasteiger charge is 2.31. The van der Waals surface area contributed by atoms with E-state index in [1.807, 2.05) is 0 Å². The Balaban J connectivity index is 3.03. The van der Waals surface area contributed by atoms with E-state index in [0.29, 0.717) is 6.07 Å². The molecule has 0 fully saturated rings. The summed E-state index contributed by atoms with van der Waals surface area (Å²) in [5.74, 6) is -4.27. The van der Waals surface area contributed by atoms with Gasteiger partial charge in [-0.05, 0) is 6.07 Å². The van der Waals surface area contributed by atoms with Crippen molar-refractivity contribution in [3.8, 4) is 0 Å². The minimum Gasteiger partial charge on any atom is -0.390 e. The Morgan fingerprint density at radius 3 is 2.58 bits per heavy atom. The monoisotopic (exact) mass is 177 g/mol. The van der Waals surface area contributed by atoms with Crippen LogP contribution in [-0.2, 0) is 5.92 Å². The van der Waals surface area contributed by atoms with Crippen LogP contribution in [0.1, 0.15) is 5.56 Å². The summed E-state index contributed by atoms with van der Waals surface area (Å²) < 4.78 is 37.6. The maximum atomic E-state index is 12.6. The van der Waals surface area contributed by atoms with E-state index in [4.69, 9.17) is 5.11 Å². The van der Waals surface area contributed by atoms with Gasteiger partial charge in [0.05, 0.1) is 6.20 Å². The van der Waals surface area contributed by atoms with Crippen molar-refractivity contribution < 1.29 is 18.3 Å². The molecule has 2 nitrogen and oxygen atoms in total. The van der Waals surface area contributed by atoms with Gasteiger partial charge in [-0.15, -0.1) is 0 Å². The summed E-state index contributed by atoms with van der Waals surface area (Å²) in [4.78, 5) is 3.23. The SMILES string of the molecule is OCC(F)(F)c1cncc(F)c1. The van der Waals surface area contributed by atoms with Gasteiger partial charge >= 0.3 is 0 Å². The van der Waals surface area contributed by atoms with Gasteiger partial charge in [-0.1, -0.05) is 0 Å². The Kier molecular flexibility index (Phi) is 2.32. The van der Waals surface area contributed by atoms with E-state index < -0.39 is 23.9 Å². The van der Waals surface area contributed by atoms with Crippen molar-refractivity contribution in [2.45, 2.75) is 5.92 Å². The third-order valence-electron chi connectivity index (χ3n) is 1.33. The van der Waals surface area contributed by atoms with Gasteiger partial charge < -0.3 is 5.11 Å². The van der Waals surface area contributed by atoms with E-state index in [0.717, 1.165) is 12.4 Å². The first kappa shape index (κ1) is 8.99. The summed E-state index contributed by atoms with van der Waals surface area (Å²) >= 11 is 0. The molecular formula is C7H6F3NO. The highest BCUT2D eigenvalue weighted by Crippen LogP contribution is 2.26. The molecule has 0 unspecified atom stereocenters. The fourth-order valence-corrected chi connectivity index (χ4v) is 0.703. The first-order valence-electron chi connectivity index (χ1n) is 3.16. The molecule has 0 spiro atoms. The van der Waals surface area contributed by atoms with Crippen LogP contribution < -0.4 is 0 Å². The number of hydrogen-bond donors (Lipinski definition) is 1. The lowest BCUT2D eigenvalue weighted by molar-refractivity contribution is -0.0561. The molecule has 0 amide bonds. The maximum Gasteiger partial charge on any atom is 0.297 e. The van der Waals surface area contributed by atoms with Crippen LogP contribution in [0.4, 0.5) is 13.2 Å². The number of alkyl halides is 2. The van der Waals surface area contributed by atoms with Gasteiger partial charge in [0.1, 0.15) is 12.4 Å². The first-order chi connectivity index (χ1) is 5.56. The second kappa shape index (κ2) is 3.10. The average molecular weight is 177 g/mol.